The number of aliphatic carboxylic acids is 1. The molecule has 1 aliphatic rings. The first kappa shape index (κ1) is 19.4. The summed E-state index contributed by atoms with van der Waals surface area (Å²) in [6, 6.07) is 12.0. The molecule has 0 amide bonds. The van der Waals surface area contributed by atoms with E-state index in [9.17, 15) is 14.7 Å². The first-order chi connectivity index (χ1) is 14.5. The van der Waals surface area contributed by atoms with Crippen LogP contribution in [0.4, 0.5) is 0 Å². The lowest BCUT2D eigenvalue weighted by Crippen LogP contribution is -2.45. The number of carboxylic acid groups (broad SMARTS) is 1. The summed E-state index contributed by atoms with van der Waals surface area (Å²) in [5.74, 6) is -0.832. The lowest BCUT2D eigenvalue weighted by molar-refractivity contribution is -0.142. The first-order valence-corrected chi connectivity index (χ1v) is 9.02. The summed E-state index contributed by atoms with van der Waals surface area (Å²) < 4.78 is 11.7. The molecule has 4 rings (SSSR count). The van der Waals surface area contributed by atoms with Crippen molar-refractivity contribution in [2.45, 2.75) is 18.4 Å². The zero-order valence-electron chi connectivity index (χ0n) is 16.2. The molecule has 1 unspecified atom stereocenters. The number of oxime groups is 1. The van der Waals surface area contributed by atoms with Crippen molar-refractivity contribution in [1.29, 1.82) is 0 Å². The van der Waals surface area contributed by atoms with Gasteiger partial charge in [0.1, 0.15) is 17.0 Å². The van der Waals surface area contributed by atoms with E-state index in [1.807, 2.05) is 0 Å². The Morgan fingerprint density at radius 3 is 2.73 bits per heavy atom. The predicted octanol–water partition coefficient (Wildman–Crippen LogP) is 2.13. The fourth-order valence-corrected chi connectivity index (χ4v) is 3.40. The fourth-order valence-electron chi connectivity index (χ4n) is 3.40. The second-order valence-electron chi connectivity index (χ2n) is 6.73. The van der Waals surface area contributed by atoms with Gasteiger partial charge in [0.15, 0.2) is 0 Å². The number of carbonyl (C=O) groups is 2. The predicted molar refractivity (Wildman–Crippen MR) is 105 cm³/mol. The molecule has 2 aromatic carbocycles. The van der Waals surface area contributed by atoms with E-state index in [4.69, 9.17) is 14.3 Å². The normalized spacial score (nSPS) is 18.0. The van der Waals surface area contributed by atoms with Crippen molar-refractivity contribution in [1.82, 2.24) is 15.0 Å². The third kappa shape index (κ3) is 3.21. The molecule has 1 aromatic heterocycles. The minimum Gasteiger partial charge on any atom is -0.497 e. The SMILES string of the molecule is COc1ccc(OC)c(C2=NOC(CC(=O)O)(C(=O)n3nnc4ccccc43)C2)c1. The van der Waals surface area contributed by atoms with E-state index in [-0.39, 0.29) is 6.42 Å². The van der Waals surface area contributed by atoms with Crippen LogP contribution < -0.4 is 9.47 Å². The van der Waals surface area contributed by atoms with Crippen LogP contribution in [-0.4, -0.2) is 57.5 Å². The third-order valence-corrected chi connectivity index (χ3v) is 4.87. The van der Waals surface area contributed by atoms with Crippen LogP contribution in [0, 0.1) is 0 Å². The number of hydrogen-bond donors (Lipinski definition) is 1. The van der Waals surface area contributed by atoms with Gasteiger partial charge < -0.3 is 19.4 Å². The number of hydrogen-bond acceptors (Lipinski definition) is 8. The van der Waals surface area contributed by atoms with Gasteiger partial charge in [-0.05, 0) is 30.3 Å². The number of rotatable bonds is 6. The van der Waals surface area contributed by atoms with Crippen LogP contribution in [0.2, 0.25) is 0 Å². The summed E-state index contributed by atoms with van der Waals surface area (Å²) in [5.41, 5.74) is 0.0875. The number of benzene rings is 2. The largest absolute Gasteiger partial charge is 0.497 e. The number of ether oxygens (including phenoxy) is 2. The maximum absolute atomic E-state index is 13.4. The number of nitrogens with zero attached hydrogens (tertiary/aromatic N) is 4. The molecule has 10 nitrogen and oxygen atoms in total. The summed E-state index contributed by atoms with van der Waals surface area (Å²) in [6.45, 7) is 0. The highest BCUT2D eigenvalue weighted by atomic mass is 16.7. The highest BCUT2D eigenvalue weighted by molar-refractivity contribution is 6.09. The van der Waals surface area contributed by atoms with Crippen LogP contribution in [0.15, 0.2) is 47.6 Å². The fraction of sp³-hybridized carbons (Fsp3) is 0.250. The molecule has 0 spiro atoms. The average molecular weight is 410 g/mol. The van der Waals surface area contributed by atoms with E-state index in [0.29, 0.717) is 33.8 Å². The maximum Gasteiger partial charge on any atom is 0.308 e. The van der Waals surface area contributed by atoms with Gasteiger partial charge in [-0.3, -0.25) is 9.59 Å². The van der Waals surface area contributed by atoms with E-state index in [2.05, 4.69) is 15.5 Å². The molecule has 0 bridgehead atoms. The molecule has 10 heteroatoms. The smallest absolute Gasteiger partial charge is 0.308 e. The topological polar surface area (TPSA) is 125 Å². The van der Waals surface area contributed by atoms with Crippen molar-refractivity contribution in [2.75, 3.05) is 14.2 Å². The monoisotopic (exact) mass is 410 g/mol. The highest BCUT2D eigenvalue weighted by Gasteiger charge is 2.50. The van der Waals surface area contributed by atoms with Crippen molar-refractivity contribution < 1.29 is 29.0 Å². The van der Waals surface area contributed by atoms with E-state index >= 15 is 0 Å². The average Bonchev–Trinajstić information content (AvgIpc) is 3.37. The van der Waals surface area contributed by atoms with Gasteiger partial charge in [-0.1, -0.05) is 22.5 Å². The Kier molecular flexibility index (Phi) is 4.82. The molecule has 2 heterocycles. The van der Waals surface area contributed by atoms with Gasteiger partial charge in [0, 0.05) is 12.0 Å². The van der Waals surface area contributed by atoms with Gasteiger partial charge >= 0.3 is 5.97 Å². The quantitative estimate of drug-likeness (QED) is 0.655. The number of para-hydroxylation sites is 1. The molecule has 3 aromatic rings. The molecule has 0 radical (unpaired) electrons. The van der Waals surface area contributed by atoms with E-state index in [1.54, 1.807) is 42.5 Å². The molecular weight excluding hydrogens is 392 g/mol. The van der Waals surface area contributed by atoms with Gasteiger partial charge in [-0.15, -0.1) is 5.10 Å². The standard InChI is InChI=1S/C20H18N4O6/c1-28-12-7-8-17(29-2)13(9-12)15-10-20(30-22-15,11-18(25)26)19(27)24-16-6-4-3-5-14(16)21-23-24/h3-9H,10-11H2,1-2H3,(H,25,26). The summed E-state index contributed by atoms with van der Waals surface area (Å²) in [6.07, 6.45) is -0.685. The van der Waals surface area contributed by atoms with Crippen LogP contribution in [-0.2, 0) is 9.63 Å². The summed E-state index contributed by atoms with van der Waals surface area (Å²) in [4.78, 5) is 30.5. The Morgan fingerprint density at radius 1 is 1.20 bits per heavy atom. The van der Waals surface area contributed by atoms with Crippen LogP contribution in [0.25, 0.3) is 11.0 Å². The molecule has 1 aliphatic heterocycles. The number of fused-ring (bicyclic) bond motifs is 1. The zero-order valence-corrected chi connectivity index (χ0v) is 16.2. The molecule has 0 aliphatic carbocycles. The minimum atomic E-state index is -1.77. The van der Waals surface area contributed by atoms with Crippen molar-refractivity contribution in [2.24, 2.45) is 5.16 Å². The van der Waals surface area contributed by atoms with Crippen molar-refractivity contribution in [3.8, 4) is 11.5 Å². The molecule has 0 fully saturated rings. The van der Waals surface area contributed by atoms with Crippen LogP contribution in [0.3, 0.4) is 0 Å². The summed E-state index contributed by atoms with van der Waals surface area (Å²) in [7, 11) is 3.02. The van der Waals surface area contributed by atoms with Crippen molar-refractivity contribution >= 4 is 28.6 Å². The van der Waals surface area contributed by atoms with Crippen LogP contribution >= 0.6 is 0 Å². The second kappa shape index (κ2) is 7.47. The van der Waals surface area contributed by atoms with Crippen LogP contribution in [0.1, 0.15) is 23.2 Å². The molecule has 1 N–H and O–H groups in total. The lowest BCUT2D eigenvalue weighted by atomic mass is 9.89. The molecule has 0 saturated heterocycles. The number of methoxy groups -OCH3 is 2. The maximum atomic E-state index is 13.4. The van der Waals surface area contributed by atoms with Gasteiger partial charge in [0.05, 0.1) is 31.9 Å². The van der Waals surface area contributed by atoms with Gasteiger partial charge in [-0.2, -0.15) is 4.68 Å². The Bertz CT molecular complexity index is 1170. The molecule has 154 valence electrons. The number of aromatic nitrogens is 3. The summed E-state index contributed by atoms with van der Waals surface area (Å²) in [5, 5.41) is 21.4. The van der Waals surface area contributed by atoms with Crippen molar-refractivity contribution in [3.05, 3.63) is 48.0 Å². The van der Waals surface area contributed by atoms with Gasteiger partial charge in [-0.25, -0.2) is 0 Å². The number of carboxylic acids is 1. The highest BCUT2D eigenvalue weighted by Crippen LogP contribution is 2.36. The Morgan fingerprint density at radius 2 is 2.00 bits per heavy atom. The molecular formula is C20H18N4O6. The Hall–Kier alpha value is -3.95. The minimum absolute atomic E-state index is 0.0875. The Labute approximate surface area is 170 Å². The molecule has 0 saturated carbocycles. The van der Waals surface area contributed by atoms with Gasteiger partial charge in [0.2, 0.25) is 5.60 Å². The van der Waals surface area contributed by atoms with Crippen molar-refractivity contribution in [3.63, 3.8) is 0 Å². The van der Waals surface area contributed by atoms with E-state index in [1.165, 1.54) is 14.2 Å². The second-order valence-corrected chi connectivity index (χ2v) is 6.73. The zero-order chi connectivity index (χ0) is 21.3. The van der Waals surface area contributed by atoms with Gasteiger partial charge in [0.25, 0.3) is 5.91 Å². The summed E-state index contributed by atoms with van der Waals surface area (Å²) >= 11 is 0. The lowest BCUT2D eigenvalue weighted by Gasteiger charge is -2.22. The molecule has 1 atom stereocenters. The Balaban J connectivity index is 1.74. The molecule has 30 heavy (non-hydrogen) atoms. The third-order valence-electron chi connectivity index (χ3n) is 4.87. The number of carbonyl (C=O) groups excluding carboxylic acids is 1. The van der Waals surface area contributed by atoms with Crippen LogP contribution in [0.5, 0.6) is 11.5 Å². The van der Waals surface area contributed by atoms with E-state index < -0.39 is 23.9 Å². The first-order valence-electron chi connectivity index (χ1n) is 9.02. The van der Waals surface area contributed by atoms with E-state index in [0.717, 1.165) is 4.68 Å².